The van der Waals surface area contributed by atoms with E-state index in [-0.39, 0.29) is 6.42 Å². The van der Waals surface area contributed by atoms with E-state index in [0.717, 1.165) is 0 Å². The monoisotopic (exact) mass is 102 g/mol. The van der Waals surface area contributed by atoms with E-state index < -0.39 is 5.97 Å². The van der Waals surface area contributed by atoms with Gasteiger partial charge in [0.15, 0.2) is 0 Å². The summed E-state index contributed by atoms with van der Waals surface area (Å²) in [4.78, 5) is 9.70. The van der Waals surface area contributed by atoms with Crippen molar-refractivity contribution in [3.05, 3.63) is 0 Å². The molecule has 0 aliphatic carbocycles. The summed E-state index contributed by atoms with van der Waals surface area (Å²) in [5, 5.41) is 11.6. The number of carbonyl (C=O) groups is 1. The predicted molar refractivity (Wildman–Crippen MR) is 25.2 cm³/mol. The third-order valence-corrected chi connectivity index (χ3v) is 0.549. The van der Waals surface area contributed by atoms with E-state index >= 15 is 0 Å². The molecule has 0 saturated carbocycles. The van der Waals surface area contributed by atoms with Gasteiger partial charge in [0.05, 0.1) is 6.42 Å². The van der Waals surface area contributed by atoms with Crippen LogP contribution in [0.4, 0.5) is 0 Å². The number of hydrogen-bond donors (Lipinski definition) is 1. The lowest BCUT2D eigenvalue weighted by Crippen LogP contribution is -2.05. The first-order valence-electron chi connectivity index (χ1n) is 2.04. The van der Waals surface area contributed by atoms with Gasteiger partial charge in [-0.2, -0.15) is 0 Å². The molecule has 0 bridgehead atoms. The zero-order valence-corrected chi connectivity index (χ0v) is 4.22. The molecule has 0 saturated heterocycles. The molecule has 0 aromatic rings. The van der Waals surface area contributed by atoms with Crippen molar-refractivity contribution in [2.45, 2.75) is 6.42 Å². The van der Waals surface area contributed by atoms with Crippen LogP contribution in [0.15, 0.2) is 0 Å². The second-order valence-corrected chi connectivity index (χ2v) is 1.18. The highest BCUT2D eigenvalue weighted by Gasteiger charge is 1.91. The van der Waals surface area contributed by atoms with E-state index in [4.69, 9.17) is 5.11 Å². The van der Waals surface area contributed by atoms with Crippen molar-refractivity contribution >= 4 is 5.97 Å². The quantitative estimate of drug-likeness (QED) is 0.531. The Morgan fingerprint density at radius 2 is 2.43 bits per heavy atom. The summed E-state index contributed by atoms with van der Waals surface area (Å²) in [5.41, 5.74) is 0. The lowest BCUT2D eigenvalue weighted by Gasteiger charge is -1.86. The van der Waals surface area contributed by atoms with Gasteiger partial charge in [0.25, 0.3) is 0 Å². The molecule has 0 aliphatic rings. The molecule has 1 N–H and O–H groups in total. The molecule has 1 radical (unpaired) electrons. The van der Waals surface area contributed by atoms with E-state index in [1.165, 1.54) is 0 Å². The molecule has 3 nitrogen and oxygen atoms in total. The summed E-state index contributed by atoms with van der Waals surface area (Å²) in [6.07, 6.45) is 0.149. The number of nitrogens with zero attached hydrogens (tertiary/aromatic N) is 1. The van der Waals surface area contributed by atoms with E-state index in [1.807, 2.05) is 0 Å². The molecule has 0 aromatic carbocycles. The molecular weight excluding hydrogens is 94.0 g/mol. The van der Waals surface area contributed by atoms with Crippen LogP contribution in [-0.2, 0) is 4.79 Å². The SMILES string of the molecule is C[N]CCC(=O)O. The molecule has 0 aromatic heterocycles. The Bertz CT molecular complexity index is 62.7. The maximum atomic E-state index is 9.70. The average Bonchev–Trinajstić information content (AvgIpc) is 1.61. The molecule has 41 valence electrons. The average molecular weight is 102 g/mol. The molecule has 0 unspecified atom stereocenters. The predicted octanol–water partition coefficient (Wildman–Crippen LogP) is -0.305. The third-order valence-electron chi connectivity index (χ3n) is 0.549. The fraction of sp³-hybridized carbons (Fsp3) is 0.750. The van der Waals surface area contributed by atoms with Gasteiger partial charge >= 0.3 is 5.97 Å². The number of rotatable bonds is 3. The van der Waals surface area contributed by atoms with E-state index in [1.54, 1.807) is 7.05 Å². The molecule has 0 aliphatic heterocycles. The largest absolute Gasteiger partial charge is 0.481 e. The third kappa shape index (κ3) is 5.43. The van der Waals surface area contributed by atoms with Gasteiger partial charge in [0, 0.05) is 13.6 Å². The number of carboxylic acids is 1. The summed E-state index contributed by atoms with van der Waals surface area (Å²) in [6, 6.07) is 0. The Hall–Kier alpha value is -0.570. The van der Waals surface area contributed by atoms with Gasteiger partial charge in [-0.25, -0.2) is 5.32 Å². The maximum absolute atomic E-state index is 9.70. The van der Waals surface area contributed by atoms with Crippen LogP contribution < -0.4 is 5.32 Å². The molecule has 0 heterocycles. The van der Waals surface area contributed by atoms with Gasteiger partial charge in [-0.05, 0) is 0 Å². The van der Waals surface area contributed by atoms with Crippen LogP contribution in [0.5, 0.6) is 0 Å². The number of carboxylic acid groups (broad SMARTS) is 1. The van der Waals surface area contributed by atoms with Gasteiger partial charge in [-0.3, -0.25) is 4.79 Å². The Balaban J connectivity index is 2.82. The van der Waals surface area contributed by atoms with Crippen molar-refractivity contribution in [1.82, 2.24) is 5.32 Å². The zero-order chi connectivity index (χ0) is 5.70. The van der Waals surface area contributed by atoms with Gasteiger partial charge in [0.1, 0.15) is 0 Å². The van der Waals surface area contributed by atoms with E-state index in [0.29, 0.717) is 6.54 Å². The number of aliphatic carboxylic acids is 1. The Kier molecular flexibility index (Phi) is 3.32. The van der Waals surface area contributed by atoms with E-state index in [9.17, 15) is 4.79 Å². The van der Waals surface area contributed by atoms with Crippen LogP contribution in [0.2, 0.25) is 0 Å². The molecule has 7 heavy (non-hydrogen) atoms. The highest BCUT2D eigenvalue weighted by Crippen LogP contribution is 1.72. The van der Waals surface area contributed by atoms with Crippen molar-refractivity contribution in [2.75, 3.05) is 13.6 Å². The molecule has 0 atom stereocenters. The second kappa shape index (κ2) is 3.61. The summed E-state index contributed by atoms with van der Waals surface area (Å²) in [7, 11) is 1.60. The van der Waals surface area contributed by atoms with Crippen LogP contribution >= 0.6 is 0 Å². The fourth-order valence-electron chi connectivity index (χ4n) is 0.207. The Labute approximate surface area is 42.3 Å². The normalized spacial score (nSPS) is 8.71. The first kappa shape index (κ1) is 6.43. The summed E-state index contributed by atoms with van der Waals surface area (Å²) in [5.74, 6) is -0.786. The summed E-state index contributed by atoms with van der Waals surface area (Å²) in [6.45, 7) is 0.426. The minimum atomic E-state index is -0.786. The molecule has 0 amide bonds. The standard InChI is InChI=1S/C4H8NO2/c1-5-3-2-4(6)7/h2-3H2,1H3,(H,6,7). The van der Waals surface area contributed by atoms with E-state index in [2.05, 4.69) is 5.32 Å². The lowest BCUT2D eigenvalue weighted by atomic mass is 10.4. The maximum Gasteiger partial charge on any atom is 0.304 e. The minimum absolute atomic E-state index is 0.149. The van der Waals surface area contributed by atoms with Crippen LogP contribution in [0, 0.1) is 0 Å². The topological polar surface area (TPSA) is 51.4 Å². The van der Waals surface area contributed by atoms with Crippen molar-refractivity contribution in [2.24, 2.45) is 0 Å². The first-order valence-corrected chi connectivity index (χ1v) is 2.04. The highest BCUT2D eigenvalue weighted by molar-refractivity contribution is 5.66. The Morgan fingerprint density at radius 1 is 1.86 bits per heavy atom. The molecule has 0 fully saturated rings. The van der Waals surface area contributed by atoms with Gasteiger partial charge < -0.3 is 5.11 Å². The first-order chi connectivity index (χ1) is 3.27. The molecule has 3 heteroatoms. The Morgan fingerprint density at radius 3 is 2.57 bits per heavy atom. The molecular formula is C4H8NO2. The fourth-order valence-corrected chi connectivity index (χ4v) is 0.207. The van der Waals surface area contributed by atoms with Gasteiger partial charge in [0.2, 0.25) is 0 Å². The zero-order valence-electron chi connectivity index (χ0n) is 4.22. The van der Waals surface area contributed by atoms with Crippen molar-refractivity contribution in [1.29, 1.82) is 0 Å². The van der Waals surface area contributed by atoms with Crippen LogP contribution in [-0.4, -0.2) is 24.7 Å². The second-order valence-electron chi connectivity index (χ2n) is 1.18. The summed E-state index contributed by atoms with van der Waals surface area (Å²) >= 11 is 0. The van der Waals surface area contributed by atoms with Gasteiger partial charge in [-0.1, -0.05) is 0 Å². The van der Waals surface area contributed by atoms with Crippen LogP contribution in [0.1, 0.15) is 6.42 Å². The van der Waals surface area contributed by atoms with Gasteiger partial charge in [-0.15, -0.1) is 0 Å². The minimum Gasteiger partial charge on any atom is -0.481 e. The molecule has 0 spiro atoms. The number of hydrogen-bond acceptors (Lipinski definition) is 1. The van der Waals surface area contributed by atoms with Crippen LogP contribution in [0.3, 0.4) is 0 Å². The molecule has 0 rings (SSSR count). The van der Waals surface area contributed by atoms with Crippen molar-refractivity contribution < 1.29 is 9.90 Å². The summed E-state index contributed by atoms with van der Waals surface area (Å²) < 4.78 is 0. The highest BCUT2D eigenvalue weighted by atomic mass is 16.4. The van der Waals surface area contributed by atoms with Crippen molar-refractivity contribution in [3.63, 3.8) is 0 Å². The van der Waals surface area contributed by atoms with Crippen LogP contribution in [0.25, 0.3) is 0 Å². The lowest BCUT2D eigenvalue weighted by molar-refractivity contribution is -0.136. The van der Waals surface area contributed by atoms with Crippen molar-refractivity contribution in [3.8, 4) is 0 Å². The smallest absolute Gasteiger partial charge is 0.304 e.